The molecule has 0 unspecified atom stereocenters. The summed E-state index contributed by atoms with van der Waals surface area (Å²) in [5, 5.41) is 4.31. The van der Waals surface area contributed by atoms with Gasteiger partial charge in [0, 0.05) is 18.6 Å². The lowest BCUT2D eigenvalue weighted by atomic mass is 10.3. The lowest BCUT2D eigenvalue weighted by Crippen LogP contribution is -1.97. The van der Waals surface area contributed by atoms with Crippen molar-refractivity contribution in [2.45, 2.75) is 0 Å². The molecule has 0 aliphatic heterocycles. The van der Waals surface area contributed by atoms with Gasteiger partial charge in [-0.2, -0.15) is 5.10 Å². The maximum absolute atomic E-state index is 5.30. The third-order valence-corrected chi connectivity index (χ3v) is 2.68. The Hall–Kier alpha value is -2.69. The first-order valence-corrected chi connectivity index (χ1v) is 5.75. The minimum Gasteiger partial charge on any atom is -0.494 e. The highest BCUT2D eigenvalue weighted by Gasteiger charge is 2.08. The third-order valence-electron chi connectivity index (χ3n) is 2.68. The molecule has 3 aromatic rings. The molecule has 2 aromatic heterocycles. The molecule has 0 amide bonds. The second-order valence-electron chi connectivity index (χ2n) is 3.84. The third kappa shape index (κ3) is 2.18. The number of nitrogens with zero attached hydrogens (tertiary/aromatic N) is 4. The Balaban J connectivity index is 2.02. The first-order chi connectivity index (χ1) is 9.38. The second kappa shape index (κ2) is 4.89. The maximum Gasteiger partial charge on any atom is 0.162 e. The average Bonchev–Trinajstić information content (AvgIpc) is 2.98. The molecule has 0 bridgehead atoms. The molecule has 0 aliphatic rings. The van der Waals surface area contributed by atoms with Crippen LogP contribution in [-0.2, 0) is 0 Å². The fourth-order valence-corrected chi connectivity index (χ4v) is 1.78. The average molecular weight is 251 g/mol. The molecule has 19 heavy (non-hydrogen) atoms. The van der Waals surface area contributed by atoms with Crippen molar-refractivity contribution in [1.82, 2.24) is 19.7 Å². The molecule has 1 radical (unpaired) electrons. The summed E-state index contributed by atoms with van der Waals surface area (Å²) in [7, 11) is 1.63. The highest BCUT2D eigenvalue weighted by atomic mass is 16.5. The molecule has 5 nitrogen and oxygen atoms in total. The first-order valence-electron chi connectivity index (χ1n) is 5.75. The fourth-order valence-electron chi connectivity index (χ4n) is 1.78. The van der Waals surface area contributed by atoms with Crippen LogP contribution in [0.1, 0.15) is 0 Å². The number of hydrogen-bond acceptors (Lipinski definition) is 4. The van der Waals surface area contributed by atoms with E-state index in [2.05, 4.69) is 21.1 Å². The predicted molar refractivity (Wildman–Crippen MR) is 70.0 cm³/mol. The molecule has 1 aromatic carbocycles. The SMILES string of the molecule is COc1cc[c]cc1-n1cc(-c2ncccn2)cn1. The minimum absolute atomic E-state index is 0.646. The molecule has 0 N–H and O–H groups in total. The van der Waals surface area contributed by atoms with Crippen LogP contribution < -0.4 is 4.74 Å². The lowest BCUT2D eigenvalue weighted by molar-refractivity contribution is 0.411. The van der Waals surface area contributed by atoms with E-state index in [0.717, 1.165) is 17.0 Å². The summed E-state index contributed by atoms with van der Waals surface area (Å²) in [6, 6.07) is 10.3. The van der Waals surface area contributed by atoms with Gasteiger partial charge in [0.25, 0.3) is 0 Å². The fraction of sp³-hybridized carbons (Fsp3) is 0.0714. The van der Waals surface area contributed by atoms with Crippen molar-refractivity contribution in [1.29, 1.82) is 0 Å². The van der Waals surface area contributed by atoms with Crippen LogP contribution in [0.5, 0.6) is 5.75 Å². The Bertz CT molecular complexity index is 679. The lowest BCUT2D eigenvalue weighted by Gasteiger charge is -2.06. The Labute approximate surface area is 110 Å². The molecule has 0 saturated heterocycles. The van der Waals surface area contributed by atoms with Crippen LogP contribution in [0.4, 0.5) is 0 Å². The quantitative estimate of drug-likeness (QED) is 0.715. The Morgan fingerprint density at radius 1 is 1.26 bits per heavy atom. The van der Waals surface area contributed by atoms with E-state index in [1.165, 1.54) is 0 Å². The normalized spacial score (nSPS) is 10.4. The van der Waals surface area contributed by atoms with Crippen LogP contribution in [0, 0.1) is 6.07 Å². The zero-order valence-corrected chi connectivity index (χ0v) is 10.3. The van der Waals surface area contributed by atoms with Crippen LogP contribution in [-0.4, -0.2) is 26.9 Å². The molecular formula is C14H11N4O. The predicted octanol–water partition coefficient (Wildman–Crippen LogP) is 2.14. The number of hydrogen-bond donors (Lipinski definition) is 0. The van der Waals surface area contributed by atoms with Gasteiger partial charge in [-0.1, -0.05) is 6.07 Å². The van der Waals surface area contributed by atoms with Crippen LogP contribution in [0.25, 0.3) is 17.1 Å². The largest absolute Gasteiger partial charge is 0.494 e. The van der Waals surface area contributed by atoms with Crippen LogP contribution in [0.3, 0.4) is 0 Å². The van der Waals surface area contributed by atoms with E-state index >= 15 is 0 Å². The zero-order valence-electron chi connectivity index (χ0n) is 10.3. The van der Waals surface area contributed by atoms with Gasteiger partial charge >= 0.3 is 0 Å². The number of ether oxygens (including phenoxy) is 1. The molecule has 5 heteroatoms. The standard InChI is InChI=1S/C14H11N4O/c1-19-13-6-3-2-5-12(13)18-10-11(9-17-18)14-15-7-4-8-16-14/h3-10H,1H3. The van der Waals surface area contributed by atoms with E-state index in [9.17, 15) is 0 Å². The Morgan fingerprint density at radius 3 is 2.89 bits per heavy atom. The molecular weight excluding hydrogens is 240 g/mol. The molecule has 0 atom stereocenters. The van der Waals surface area contributed by atoms with E-state index in [-0.39, 0.29) is 0 Å². The monoisotopic (exact) mass is 251 g/mol. The topological polar surface area (TPSA) is 52.8 Å². The molecule has 0 aliphatic carbocycles. The highest BCUT2D eigenvalue weighted by molar-refractivity contribution is 5.54. The Kier molecular flexibility index (Phi) is 2.94. The van der Waals surface area contributed by atoms with E-state index in [1.807, 2.05) is 18.3 Å². The summed E-state index contributed by atoms with van der Waals surface area (Å²) in [6.07, 6.45) is 7.00. The summed E-state index contributed by atoms with van der Waals surface area (Å²) < 4.78 is 7.03. The van der Waals surface area contributed by atoms with Gasteiger partial charge in [-0.05, 0) is 24.3 Å². The maximum atomic E-state index is 5.30. The van der Waals surface area contributed by atoms with Crippen molar-refractivity contribution in [3.05, 3.63) is 55.1 Å². The summed E-state index contributed by atoms with van der Waals surface area (Å²) in [6.45, 7) is 0. The number of aromatic nitrogens is 4. The van der Waals surface area contributed by atoms with Gasteiger partial charge in [-0.3, -0.25) is 0 Å². The molecule has 0 spiro atoms. The smallest absolute Gasteiger partial charge is 0.162 e. The van der Waals surface area contributed by atoms with Gasteiger partial charge in [-0.15, -0.1) is 0 Å². The summed E-state index contributed by atoms with van der Waals surface area (Å²) in [5.41, 5.74) is 1.68. The van der Waals surface area contributed by atoms with Gasteiger partial charge in [0.15, 0.2) is 5.82 Å². The van der Waals surface area contributed by atoms with Crippen molar-refractivity contribution < 1.29 is 4.74 Å². The van der Waals surface area contributed by atoms with Crippen LogP contribution in [0.2, 0.25) is 0 Å². The van der Waals surface area contributed by atoms with Gasteiger partial charge < -0.3 is 4.74 Å². The van der Waals surface area contributed by atoms with Crippen molar-refractivity contribution in [2.24, 2.45) is 0 Å². The molecule has 0 fully saturated rings. The van der Waals surface area contributed by atoms with E-state index < -0.39 is 0 Å². The van der Waals surface area contributed by atoms with Crippen LogP contribution in [0.15, 0.2) is 49.1 Å². The van der Waals surface area contributed by atoms with Gasteiger partial charge in [0.05, 0.1) is 18.9 Å². The summed E-state index contributed by atoms with van der Waals surface area (Å²) >= 11 is 0. The summed E-state index contributed by atoms with van der Waals surface area (Å²) in [5.74, 6) is 1.38. The number of rotatable bonds is 3. The van der Waals surface area contributed by atoms with Crippen molar-refractivity contribution in [2.75, 3.05) is 7.11 Å². The second-order valence-corrected chi connectivity index (χ2v) is 3.84. The van der Waals surface area contributed by atoms with Crippen LogP contribution >= 0.6 is 0 Å². The van der Waals surface area contributed by atoms with Gasteiger partial charge in [0.1, 0.15) is 11.4 Å². The zero-order chi connectivity index (χ0) is 13.1. The molecule has 2 heterocycles. The number of benzene rings is 1. The van der Waals surface area contributed by atoms with Crippen molar-refractivity contribution >= 4 is 0 Å². The van der Waals surface area contributed by atoms with Crippen molar-refractivity contribution in [3.8, 4) is 22.8 Å². The van der Waals surface area contributed by atoms with E-state index in [4.69, 9.17) is 4.74 Å². The van der Waals surface area contributed by atoms with E-state index in [1.54, 1.807) is 42.5 Å². The van der Waals surface area contributed by atoms with Gasteiger partial charge in [0.2, 0.25) is 0 Å². The molecule has 0 saturated carbocycles. The van der Waals surface area contributed by atoms with E-state index in [0.29, 0.717) is 5.82 Å². The molecule has 3 rings (SSSR count). The number of methoxy groups -OCH3 is 1. The van der Waals surface area contributed by atoms with Gasteiger partial charge in [-0.25, -0.2) is 14.6 Å². The van der Waals surface area contributed by atoms with Crippen molar-refractivity contribution in [3.63, 3.8) is 0 Å². The first kappa shape index (κ1) is 11.4. The summed E-state index contributed by atoms with van der Waals surface area (Å²) in [4.78, 5) is 8.39. The molecule has 93 valence electrons. The highest BCUT2D eigenvalue weighted by Crippen LogP contribution is 2.23. The Morgan fingerprint density at radius 2 is 2.11 bits per heavy atom. The minimum atomic E-state index is 0.646.